The number of anilines is 1. The summed E-state index contributed by atoms with van der Waals surface area (Å²) in [6.45, 7) is 4.14. The van der Waals surface area contributed by atoms with Crippen LogP contribution in [0.4, 0.5) is 10.2 Å². The van der Waals surface area contributed by atoms with Crippen molar-refractivity contribution >= 4 is 17.6 Å². The van der Waals surface area contributed by atoms with E-state index in [0.717, 1.165) is 0 Å². The highest BCUT2D eigenvalue weighted by Crippen LogP contribution is 2.25. The number of hydrogen-bond donors (Lipinski definition) is 1. The minimum atomic E-state index is -1.12. The number of halogens is 1. The minimum absolute atomic E-state index is 0.152. The smallest absolute Gasteiger partial charge is 0.266 e. The summed E-state index contributed by atoms with van der Waals surface area (Å²) in [6.07, 6.45) is 2.19. The summed E-state index contributed by atoms with van der Waals surface area (Å²) in [7, 11) is 0. The van der Waals surface area contributed by atoms with Gasteiger partial charge in [0, 0.05) is 19.3 Å². The maximum absolute atomic E-state index is 13.0. The van der Waals surface area contributed by atoms with E-state index in [2.05, 4.69) is 10.3 Å². The molecule has 1 aromatic heterocycles. The molecule has 0 radical (unpaired) electrons. The number of hydrogen-bond acceptors (Lipinski definition) is 4. The summed E-state index contributed by atoms with van der Waals surface area (Å²) in [6, 6.07) is 10.8. The molecule has 0 spiro atoms. The molecule has 1 aliphatic heterocycles. The van der Waals surface area contributed by atoms with Crippen molar-refractivity contribution in [2.45, 2.75) is 25.9 Å². The Kier molecular flexibility index (Phi) is 5.39. The van der Waals surface area contributed by atoms with Crippen LogP contribution in [0.25, 0.3) is 0 Å². The maximum Gasteiger partial charge on any atom is 0.266 e. The Balaban J connectivity index is 1.59. The van der Waals surface area contributed by atoms with Gasteiger partial charge in [0.05, 0.1) is 5.92 Å². The third kappa shape index (κ3) is 4.61. The predicted octanol–water partition coefficient (Wildman–Crippen LogP) is 2.87. The van der Waals surface area contributed by atoms with E-state index in [1.54, 1.807) is 43.1 Å². The zero-order chi connectivity index (χ0) is 19.4. The summed E-state index contributed by atoms with van der Waals surface area (Å²) in [4.78, 5) is 31.0. The van der Waals surface area contributed by atoms with Crippen LogP contribution in [-0.4, -0.2) is 40.4 Å². The van der Waals surface area contributed by atoms with Crippen molar-refractivity contribution in [3.05, 3.63) is 54.5 Å². The fourth-order valence-electron chi connectivity index (χ4n) is 3.05. The molecule has 1 aliphatic rings. The Bertz CT molecular complexity index is 809. The Labute approximate surface area is 157 Å². The molecule has 0 aliphatic carbocycles. The van der Waals surface area contributed by atoms with Crippen molar-refractivity contribution in [1.82, 2.24) is 9.88 Å². The van der Waals surface area contributed by atoms with Gasteiger partial charge in [-0.3, -0.25) is 9.59 Å². The fraction of sp³-hybridized carbons (Fsp3) is 0.350. The highest BCUT2D eigenvalue weighted by molar-refractivity contribution is 5.93. The monoisotopic (exact) mass is 371 g/mol. The van der Waals surface area contributed by atoms with Crippen molar-refractivity contribution in [3.8, 4) is 5.75 Å². The number of carbonyl (C=O) groups is 2. The molecule has 1 atom stereocenters. The molecule has 142 valence electrons. The molecule has 0 bridgehead atoms. The molecule has 7 heteroatoms. The van der Waals surface area contributed by atoms with Crippen molar-refractivity contribution in [2.75, 3.05) is 18.4 Å². The summed E-state index contributed by atoms with van der Waals surface area (Å²) in [5.74, 6) is -0.114. The first-order valence-electron chi connectivity index (χ1n) is 8.81. The number of nitrogens with zero attached hydrogens (tertiary/aromatic N) is 2. The van der Waals surface area contributed by atoms with E-state index in [1.165, 1.54) is 24.3 Å². The van der Waals surface area contributed by atoms with Crippen molar-refractivity contribution in [2.24, 2.45) is 5.92 Å². The van der Waals surface area contributed by atoms with Crippen LogP contribution >= 0.6 is 0 Å². The molecule has 1 saturated heterocycles. The van der Waals surface area contributed by atoms with Gasteiger partial charge in [-0.15, -0.1) is 0 Å². The van der Waals surface area contributed by atoms with Gasteiger partial charge >= 0.3 is 0 Å². The number of amides is 2. The number of carbonyl (C=O) groups excluding carboxylic acids is 2. The molecule has 2 amide bonds. The molecule has 1 fully saturated rings. The maximum atomic E-state index is 13.0. The van der Waals surface area contributed by atoms with Gasteiger partial charge in [-0.1, -0.05) is 6.07 Å². The molecular weight excluding hydrogens is 349 g/mol. The van der Waals surface area contributed by atoms with Crippen LogP contribution in [0, 0.1) is 11.7 Å². The van der Waals surface area contributed by atoms with Gasteiger partial charge in [-0.05, 0) is 56.7 Å². The number of aromatic nitrogens is 1. The number of benzene rings is 1. The second-order valence-corrected chi connectivity index (χ2v) is 7.01. The molecule has 1 aromatic carbocycles. The zero-order valence-electron chi connectivity index (χ0n) is 15.3. The number of nitrogens with one attached hydrogen (secondary N) is 1. The quantitative estimate of drug-likeness (QED) is 0.877. The molecular formula is C20H22FN3O3. The summed E-state index contributed by atoms with van der Waals surface area (Å²) in [5.41, 5.74) is -1.12. The van der Waals surface area contributed by atoms with Crippen molar-refractivity contribution < 1.29 is 18.7 Å². The lowest BCUT2D eigenvalue weighted by Gasteiger charge is -2.30. The van der Waals surface area contributed by atoms with Gasteiger partial charge in [0.25, 0.3) is 5.91 Å². The molecule has 0 saturated carbocycles. The third-order valence-corrected chi connectivity index (χ3v) is 4.46. The molecule has 1 N–H and O–H groups in total. The van der Waals surface area contributed by atoms with Crippen LogP contribution in [-0.2, 0) is 9.59 Å². The van der Waals surface area contributed by atoms with E-state index in [4.69, 9.17) is 4.74 Å². The topological polar surface area (TPSA) is 71.5 Å². The first-order chi connectivity index (χ1) is 12.8. The van der Waals surface area contributed by atoms with Gasteiger partial charge in [0.1, 0.15) is 17.4 Å². The Morgan fingerprint density at radius 1 is 1.22 bits per heavy atom. The average molecular weight is 371 g/mol. The zero-order valence-corrected chi connectivity index (χ0v) is 15.3. The molecule has 2 heterocycles. The molecule has 0 unspecified atom stereocenters. The summed E-state index contributed by atoms with van der Waals surface area (Å²) >= 11 is 0. The largest absolute Gasteiger partial charge is 0.478 e. The average Bonchev–Trinajstić information content (AvgIpc) is 3.14. The number of pyridine rings is 1. The molecule has 27 heavy (non-hydrogen) atoms. The first kappa shape index (κ1) is 18.8. The second kappa shape index (κ2) is 7.73. The normalized spacial score (nSPS) is 16.9. The third-order valence-electron chi connectivity index (χ3n) is 4.46. The van der Waals surface area contributed by atoms with E-state index in [1.807, 2.05) is 0 Å². The molecule has 2 aromatic rings. The van der Waals surface area contributed by atoms with Gasteiger partial charge in [0.15, 0.2) is 5.60 Å². The van der Waals surface area contributed by atoms with E-state index in [9.17, 15) is 14.0 Å². The molecule has 6 nitrogen and oxygen atoms in total. The highest BCUT2D eigenvalue weighted by Gasteiger charge is 2.39. The van der Waals surface area contributed by atoms with Gasteiger partial charge in [0.2, 0.25) is 5.91 Å². The van der Waals surface area contributed by atoms with Crippen LogP contribution < -0.4 is 10.1 Å². The second-order valence-electron chi connectivity index (χ2n) is 7.01. The van der Waals surface area contributed by atoms with E-state index < -0.39 is 5.60 Å². The minimum Gasteiger partial charge on any atom is -0.478 e. The number of rotatable bonds is 5. The van der Waals surface area contributed by atoms with Crippen molar-refractivity contribution in [1.29, 1.82) is 0 Å². The lowest BCUT2D eigenvalue weighted by Crippen LogP contribution is -2.48. The van der Waals surface area contributed by atoms with Gasteiger partial charge in [-0.2, -0.15) is 0 Å². The van der Waals surface area contributed by atoms with Crippen LogP contribution in [0.3, 0.4) is 0 Å². The van der Waals surface area contributed by atoms with E-state index in [0.29, 0.717) is 31.1 Å². The number of ether oxygens (including phenoxy) is 1. The lowest BCUT2D eigenvalue weighted by atomic mass is 10.1. The lowest BCUT2D eigenvalue weighted by molar-refractivity contribution is -0.144. The van der Waals surface area contributed by atoms with Gasteiger partial charge < -0.3 is 15.0 Å². The standard InChI is InChI=1S/C20H22FN3O3/c1-20(2,27-16-8-6-15(21)7-9-16)19(26)24-12-10-14(13-24)18(25)23-17-5-3-4-11-22-17/h3-9,11,14H,10,12-13H2,1-2H3,(H,22,23,25)/t14-/m0/s1. The SMILES string of the molecule is CC(C)(Oc1ccc(F)cc1)C(=O)N1CC[C@H](C(=O)Nc2ccccn2)C1. The Hall–Kier alpha value is -2.96. The summed E-state index contributed by atoms with van der Waals surface area (Å²) < 4.78 is 18.8. The number of likely N-dealkylation sites (tertiary alicyclic amines) is 1. The van der Waals surface area contributed by atoms with Gasteiger partial charge in [-0.25, -0.2) is 9.37 Å². The van der Waals surface area contributed by atoms with Crippen LogP contribution in [0.5, 0.6) is 5.75 Å². The first-order valence-corrected chi connectivity index (χ1v) is 8.81. The Morgan fingerprint density at radius 3 is 2.63 bits per heavy atom. The van der Waals surface area contributed by atoms with Crippen LogP contribution in [0.2, 0.25) is 0 Å². The van der Waals surface area contributed by atoms with Crippen LogP contribution in [0.1, 0.15) is 20.3 Å². The van der Waals surface area contributed by atoms with Crippen molar-refractivity contribution in [3.63, 3.8) is 0 Å². The highest BCUT2D eigenvalue weighted by atomic mass is 19.1. The Morgan fingerprint density at radius 2 is 1.96 bits per heavy atom. The fourth-order valence-corrected chi connectivity index (χ4v) is 3.05. The van der Waals surface area contributed by atoms with E-state index in [-0.39, 0.29) is 23.5 Å². The molecule has 3 rings (SSSR count). The summed E-state index contributed by atoms with van der Waals surface area (Å²) in [5, 5.41) is 2.77. The predicted molar refractivity (Wildman–Crippen MR) is 98.7 cm³/mol. The van der Waals surface area contributed by atoms with E-state index >= 15 is 0 Å². The van der Waals surface area contributed by atoms with Crippen LogP contribution in [0.15, 0.2) is 48.7 Å².